The van der Waals surface area contributed by atoms with Crippen molar-refractivity contribution < 1.29 is 14.3 Å². The summed E-state index contributed by atoms with van der Waals surface area (Å²) in [6.45, 7) is 4.02. The maximum atomic E-state index is 12.0. The van der Waals surface area contributed by atoms with Gasteiger partial charge in [0.15, 0.2) is 11.5 Å². The molecular formula is C28H38N2O3. The minimum absolute atomic E-state index is 0.0435. The molecule has 1 amide bonds. The Morgan fingerprint density at radius 2 is 1.61 bits per heavy atom. The second-order valence-electron chi connectivity index (χ2n) is 12.3. The molecule has 1 saturated heterocycles. The molecule has 3 bridgehead atoms. The van der Waals surface area contributed by atoms with Crippen molar-refractivity contribution in [2.24, 2.45) is 29.1 Å². The molecule has 5 aliphatic carbocycles. The topological polar surface area (TPSA) is 50.8 Å². The fourth-order valence-corrected chi connectivity index (χ4v) is 10.1. The van der Waals surface area contributed by atoms with Gasteiger partial charge >= 0.3 is 0 Å². The van der Waals surface area contributed by atoms with Crippen molar-refractivity contribution in [2.75, 3.05) is 27.3 Å². The van der Waals surface area contributed by atoms with Gasteiger partial charge in [0.1, 0.15) is 0 Å². The number of benzene rings is 1. The largest absolute Gasteiger partial charge is 0.493 e. The van der Waals surface area contributed by atoms with Gasteiger partial charge in [-0.1, -0.05) is 0 Å². The van der Waals surface area contributed by atoms with Crippen LogP contribution in [0.4, 0.5) is 0 Å². The first-order valence-electron chi connectivity index (χ1n) is 13.2. The summed E-state index contributed by atoms with van der Waals surface area (Å²) >= 11 is 0. The van der Waals surface area contributed by atoms with Gasteiger partial charge in [-0.25, -0.2) is 0 Å². The van der Waals surface area contributed by atoms with Crippen molar-refractivity contribution in [1.82, 2.24) is 10.2 Å². The van der Waals surface area contributed by atoms with Crippen molar-refractivity contribution in [3.8, 4) is 11.5 Å². The van der Waals surface area contributed by atoms with Crippen LogP contribution in [0.2, 0.25) is 0 Å². The molecule has 2 spiro atoms. The smallest absolute Gasteiger partial charge is 0.217 e. The third kappa shape index (κ3) is 2.66. The fraction of sp³-hybridized carbons (Fsp3) is 0.750. The molecule has 0 radical (unpaired) electrons. The van der Waals surface area contributed by atoms with Gasteiger partial charge in [-0.15, -0.1) is 0 Å². The lowest BCUT2D eigenvalue weighted by molar-refractivity contribution is -0.119. The van der Waals surface area contributed by atoms with Crippen molar-refractivity contribution in [2.45, 2.75) is 75.8 Å². The Bertz CT molecular complexity index is 973. The number of carbonyl (C=O) groups is 1. The van der Waals surface area contributed by atoms with Gasteiger partial charge in [-0.05, 0) is 117 Å². The first-order valence-corrected chi connectivity index (χ1v) is 13.2. The number of ether oxygens (including phenoxy) is 2. The van der Waals surface area contributed by atoms with E-state index in [0.717, 1.165) is 53.0 Å². The van der Waals surface area contributed by atoms with Gasteiger partial charge in [-0.3, -0.25) is 9.69 Å². The van der Waals surface area contributed by atoms with E-state index in [1.54, 1.807) is 27.6 Å². The summed E-state index contributed by atoms with van der Waals surface area (Å²) in [6.07, 6.45) is 11.0. The molecule has 5 fully saturated rings. The SMILES string of the molecule is COc1cc2c(cc1OC)C1(CCN(C3C4CC5CC6CC3CC56C4)CC1)C[C@@H]2NC(C)=O. The zero-order valence-corrected chi connectivity index (χ0v) is 20.4. The van der Waals surface area contributed by atoms with Crippen molar-refractivity contribution in [1.29, 1.82) is 0 Å². The summed E-state index contributed by atoms with van der Waals surface area (Å²) in [5, 5.41) is 3.24. The van der Waals surface area contributed by atoms with Crippen LogP contribution in [0.1, 0.15) is 75.5 Å². The minimum Gasteiger partial charge on any atom is -0.493 e. The summed E-state index contributed by atoms with van der Waals surface area (Å²) in [5.41, 5.74) is 3.54. The standard InChI is InChI=1S/C28H38N2O3/c1-16(31)29-23-15-27(22-12-25(33-3)24(32-2)11-21(22)23)4-6-30(7-5-27)26-17-8-19-10-20-9-18(26)14-28(19,20)13-17/h11-12,17-20,23,26H,4-10,13-15H2,1-3H3,(H,29,31)/t17?,18?,19?,20?,23-,26?,28?/m0/s1. The monoisotopic (exact) mass is 450 g/mol. The molecule has 1 aromatic rings. The highest BCUT2D eigenvalue weighted by Crippen LogP contribution is 2.76. The van der Waals surface area contributed by atoms with Gasteiger partial charge in [0, 0.05) is 18.4 Å². The fourth-order valence-electron chi connectivity index (χ4n) is 10.1. The number of likely N-dealkylation sites (tertiary alicyclic amines) is 1. The van der Waals surface area contributed by atoms with Crippen LogP contribution in [0.15, 0.2) is 12.1 Å². The van der Waals surface area contributed by atoms with Gasteiger partial charge in [-0.2, -0.15) is 0 Å². The number of rotatable bonds is 4. The van der Waals surface area contributed by atoms with E-state index in [1.165, 1.54) is 62.7 Å². The molecule has 0 aromatic heterocycles. The Balaban J connectivity index is 1.16. The molecule has 5 heteroatoms. The zero-order chi connectivity index (χ0) is 22.5. The summed E-state index contributed by atoms with van der Waals surface area (Å²) in [5.74, 6) is 5.67. The Morgan fingerprint density at radius 1 is 0.970 bits per heavy atom. The molecule has 33 heavy (non-hydrogen) atoms. The number of amides is 1. The Morgan fingerprint density at radius 3 is 2.21 bits per heavy atom. The number of fused-ring (bicyclic) bond motifs is 4. The van der Waals surface area contributed by atoms with Crippen LogP contribution in [-0.2, 0) is 10.2 Å². The maximum Gasteiger partial charge on any atom is 0.217 e. The van der Waals surface area contributed by atoms with Crippen molar-refractivity contribution in [3.05, 3.63) is 23.3 Å². The molecule has 4 unspecified atom stereocenters. The van der Waals surface area contributed by atoms with Crippen LogP contribution in [0.3, 0.4) is 0 Å². The lowest BCUT2D eigenvalue weighted by Crippen LogP contribution is -2.52. The average Bonchev–Trinajstić information content (AvgIpc) is 3.30. The molecule has 5 atom stereocenters. The molecule has 6 aliphatic rings. The lowest BCUT2D eigenvalue weighted by atomic mass is 9.56. The molecule has 178 valence electrons. The molecule has 5 nitrogen and oxygen atoms in total. The highest BCUT2D eigenvalue weighted by Gasteiger charge is 2.69. The number of hydrogen-bond acceptors (Lipinski definition) is 4. The van der Waals surface area contributed by atoms with E-state index in [-0.39, 0.29) is 17.4 Å². The Labute approximate surface area is 197 Å². The van der Waals surface area contributed by atoms with E-state index in [0.29, 0.717) is 0 Å². The zero-order valence-electron chi connectivity index (χ0n) is 20.4. The normalized spacial score (nSPS) is 41.5. The lowest BCUT2D eigenvalue weighted by Gasteiger charge is -2.50. The maximum absolute atomic E-state index is 12.0. The number of nitrogens with zero attached hydrogens (tertiary/aromatic N) is 1. The first-order chi connectivity index (χ1) is 16.0. The van der Waals surface area contributed by atoms with Gasteiger partial charge in [0.25, 0.3) is 0 Å². The summed E-state index contributed by atoms with van der Waals surface area (Å²) < 4.78 is 11.3. The number of hydrogen-bond donors (Lipinski definition) is 1. The van der Waals surface area contributed by atoms with E-state index < -0.39 is 0 Å². The molecule has 1 N–H and O–H groups in total. The summed E-state index contributed by atoms with van der Waals surface area (Å²) in [7, 11) is 3.41. The van der Waals surface area contributed by atoms with Crippen molar-refractivity contribution in [3.63, 3.8) is 0 Å². The van der Waals surface area contributed by atoms with Crippen LogP contribution in [0.5, 0.6) is 11.5 Å². The minimum atomic E-state index is 0.0435. The number of nitrogens with one attached hydrogen (secondary N) is 1. The predicted octanol–water partition coefficient (Wildman–Crippen LogP) is 4.44. The van der Waals surface area contributed by atoms with Crippen LogP contribution in [0.25, 0.3) is 0 Å². The average molecular weight is 451 g/mol. The van der Waals surface area contributed by atoms with Crippen LogP contribution in [0, 0.1) is 29.1 Å². The van der Waals surface area contributed by atoms with Gasteiger partial charge in [0.2, 0.25) is 5.91 Å². The van der Waals surface area contributed by atoms with Crippen LogP contribution >= 0.6 is 0 Å². The van der Waals surface area contributed by atoms with Crippen molar-refractivity contribution >= 4 is 5.91 Å². The molecule has 1 aliphatic heterocycles. The second-order valence-corrected chi connectivity index (χ2v) is 12.3. The highest BCUT2D eigenvalue weighted by molar-refractivity contribution is 5.74. The number of piperidine rings is 1. The molecule has 1 heterocycles. The summed E-state index contributed by atoms with van der Waals surface area (Å²) in [4.78, 5) is 14.9. The molecular weight excluding hydrogens is 412 g/mol. The van der Waals surface area contributed by atoms with E-state index in [9.17, 15) is 4.79 Å². The molecule has 4 saturated carbocycles. The predicted molar refractivity (Wildman–Crippen MR) is 126 cm³/mol. The third-order valence-electron chi connectivity index (χ3n) is 11.3. The Hall–Kier alpha value is -1.75. The van der Waals surface area contributed by atoms with Gasteiger partial charge < -0.3 is 14.8 Å². The quantitative estimate of drug-likeness (QED) is 0.737. The number of carbonyl (C=O) groups excluding carboxylic acids is 1. The van der Waals surface area contributed by atoms with Crippen LogP contribution < -0.4 is 14.8 Å². The highest BCUT2D eigenvalue weighted by atomic mass is 16.5. The van der Waals surface area contributed by atoms with Gasteiger partial charge in [0.05, 0.1) is 20.3 Å². The molecule has 7 rings (SSSR count). The number of methoxy groups -OCH3 is 2. The van der Waals surface area contributed by atoms with E-state index in [4.69, 9.17) is 9.47 Å². The van der Waals surface area contributed by atoms with E-state index >= 15 is 0 Å². The summed E-state index contributed by atoms with van der Waals surface area (Å²) in [6, 6.07) is 5.22. The second kappa shape index (κ2) is 6.90. The van der Waals surface area contributed by atoms with E-state index in [1.807, 2.05) is 0 Å². The van der Waals surface area contributed by atoms with Crippen LogP contribution in [-0.4, -0.2) is 44.2 Å². The first kappa shape index (κ1) is 20.6. The third-order valence-corrected chi connectivity index (χ3v) is 11.3. The Kier molecular flexibility index (Phi) is 4.31. The molecule has 1 aromatic carbocycles. The van der Waals surface area contributed by atoms with E-state index in [2.05, 4.69) is 22.3 Å².